The van der Waals surface area contributed by atoms with Crippen LogP contribution in [0.15, 0.2) is 18.2 Å². The van der Waals surface area contributed by atoms with E-state index < -0.39 is 0 Å². The highest BCUT2D eigenvalue weighted by Gasteiger charge is 2.18. The third kappa shape index (κ3) is 6.59. The number of carbonyl (C=O) groups excluding carboxylic acids is 1. The summed E-state index contributed by atoms with van der Waals surface area (Å²) < 4.78 is 17.2. The lowest BCUT2D eigenvalue weighted by Gasteiger charge is -2.17. The van der Waals surface area contributed by atoms with E-state index in [0.29, 0.717) is 42.7 Å². The second-order valence-corrected chi connectivity index (χ2v) is 6.51. The van der Waals surface area contributed by atoms with Gasteiger partial charge in [-0.3, -0.25) is 4.79 Å². The molecule has 29 heavy (non-hydrogen) atoms. The maximum atomic E-state index is 12.4. The van der Waals surface area contributed by atoms with E-state index in [1.807, 2.05) is 25.1 Å². The van der Waals surface area contributed by atoms with Gasteiger partial charge in [-0.25, -0.2) is 9.67 Å². The lowest BCUT2D eigenvalue weighted by molar-refractivity contribution is -0.131. The van der Waals surface area contributed by atoms with Gasteiger partial charge in [0.2, 0.25) is 5.91 Å². The van der Waals surface area contributed by atoms with Crippen LogP contribution in [0.2, 0.25) is 0 Å². The van der Waals surface area contributed by atoms with Gasteiger partial charge >= 0.3 is 0 Å². The van der Waals surface area contributed by atoms with Gasteiger partial charge in [-0.2, -0.15) is 5.10 Å². The molecular weight excluding hydrogens is 398 g/mol. The molecule has 9 nitrogen and oxygen atoms in total. The number of hydrogen-bond acceptors (Lipinski definition) is 7. The van der Waals surface area contributed by atoms with E-state index in [1.165, 1.54) is 0 Å². The van der Waals surface area contributed by atoms with Crippen LogP contribution in [-0.2, 0) is 22.5 Å². The molecule has 0 aliphatic carbocycles. The molecule has 0 radical (unpaired) electrons. The number of amides is 1. The van der Waals surface area contributed by atoms with E-state index in [0.717, 1.165) is 5.56 Å². The van der Waals surface area contributed by atoms with Crippen molar-refractivity contribution in [2.45, 2.75) is 25.9 Å². The van der Waals surface area contributed by atoms with Crippen molar-refractivity contribution in [2.75, 3.05) is 41.5 Å². The van der Waals surface area contributed by atoms with Crippen molar-refractivity contribution in [2.24, 2.45) is 5.73 Å². The van der Waals surface area contributed by atoms with Crippen molar-refractivity contribution in [1.29, 1.82) is 0 Å². The summed E-state index contributed by atoms with van der Waals surface area (Å²) in [6.45, 7) is 2.89. The molecule has 0 aliphatic rings. The van der Waals surface area contributed by atoms with Gasteiger partial charge in [-0.1, -0.05) is 6.07 Å². The van der Waals surface area contributed by atoms with Gasteiger partial charge < -0.3 is 24.8 Å². The number of carbonyl (C=O) groups is 1. The van der Waals surface area contributed by atoms with Gasteiger partial charge in [0.25, 0.3) is 0 Å². The van der Waals surface area contributed by atoms with Crippen molar-refractivity contribution in [3.8, 4) is 11.5 Å². The summed E-state index contributed by atoms with van der Waals surface area (Å²) in [6, 6.07) is 5.31. The van der Waals surface area contributed by atoms with Gasteiger partial charge in [-0.15, -0.1) is 12.4 Å². The average Bonchev–Trinajstić information content (AvgIpc) is 3.08. The first kappa shape index (κ1) is 24.7. The Labute approximate surface area is 177 Å². The Morgan fingerprint density at radius 2 is 1.93 bits per heavy atom. The van der Waals surface area contributed by atoms with Crippen LogP contribution in [0, 0.1) is 0 Å². The zero-order chi connectivity index (χ0) is 20.7. The lowest BCUT2D eigenvalue weighted by Crippen LogP contribution is -2.34. The Balaban J connectivity index is 0.00000420. The zero-order valence-corrected chi connectivity index (χ0v) is 18.4. The summed E-state index contributed by atoms with van der Waals surface area (Å²) in [7, 11) is 6.52. The number of methoxy groups -OCH3 is 3. The van der Waals surface area contributed by atoms with Gasteiger partial charge in [0.05, 0.1) is 26.9 Å². The molecule has 0 bridgehead atoms. The third-order valence-electron chi connectivity index (χ3n) is 4.30. The number of aromatic nitrogens is 3. The van der Waals surface area contributed by atoms with Crippen LogP contribution >= 0.6 is 12.4 Å². The van der Waals surface area contributed by atoms with Crippen LogP contribution in [0.25, 0.3) is 0 Å². The van der Waals surface area contributed by atoms with E-state index in [9.17, 15) is 4.79 Å². The predicted octanol–water partition coefficient (Wildman–Crippen LogP) is 1.43. The van der Waals surface area contributed by atoms with Crippen LogP contribution in [-0.4, -0.2) is 67.1 Å². The van der Waals surface area contributed by atoms with Gasteiger partial charge in [-0.05, 0) is 24.6 Å². The highest BCUT2D eigenvalue weighted by Crippen LogP contribution is 2.28. The highest BCUT2D eigenvalue weighted by atomic mass is 35.5. The topological polar surface area (TPSA) is 105 Å². The Kier molecular flexibility index (Phi) is 9.87. The normalized spacial score (nSPS) is 11.5. The Morgan fingerprint density at radius 3 is 2.52 bits per heavy atom. The quantitative estimate of drug-likeness (QED) is 0.611. The molecule has 0 aliphatic heterocycles. The fourth-order valence-electron chi connectivity index (χ4n) is 2.71. The van der Waals surface area contributed by atoms with Gasteiger partial charge in [0.15, 0.2) is 17.3 Å². The fourth-order valence-corrected chi connectivity index (χ4v) is 2.71. The maximum Gasteiger partial charge on any atom is 0.244 e. The molecule has 2 N–H and O–H groups in total. The van der Waals surface area contributed by atoms with Crippen LogP contribution in [0.1, 0.15) is 30.2 Å². The Hall–Kier alpha value is -2.36. The summed E-state index contributed by atoms with van der Waals surface area (Å²) >= 11 is 0. The van der Waals surface area contributed by atoms with Gasteiger partial charge in [0, 0.05) is 27.1 Å². The van der Waals surface area contributed by atoms with Crippen LogP contribution in [0.5, 0.6) is 11.5 Å². The number of halogens is 1. The zero-order valence-electron chi connectivity index (χ0n) is 17.5. The summed E-state index contributed by atoms with van der Waals surface area (Å²) in [4.78, 5) is 18.6. The molecule has 162 valence electrons. The second kappa shape index (κ2) is 11.6. The minimum atomic E-state index is -0.344. The molecule has 1 amide bonds. The molecular formula is C19H30ClN5O4. The first-order valence-electron chi connectivity index (χ1n) is 9.02. The summed E-state index contributed by atoms with van der Waals surface area (Å²) in [5.41, 5.74) is 7.00. The maximum absolute atomic E-state index is 12.4. The number of nitrogens with two attached hydrogens (primary N) is 1. The van der Waals surface area contributed by atoms with Crippen molar-refractivity contribution >= 4 is 18.3 Å². The van der Waals surface area contributed by atoms with E-state index >= 15 is 0 Å². The SMILES string of the molecule is COCCN(C)C(=O)Cn1nc(Cc2ccc(OC)c(OC)c2)nc1[C@@H](C)N.Cl. The smallest absolute Gasteiger partial charge is 0.244 e. The van der Waals surface area contributed by atoms with E-state index in [4.69, 9.17) is 19.9 Å². The molecule has 2 aromatic rings. The van der Waals surface area contributed by atoms with Crippen LogP contribution in [0.3, 0.4) is 0 Å². The van der Waals surface area contributed by atoms with Crippen molar-refractivity contribution in [1.82, 2.24) is 19.7 Å². The van der Waals surface area contributed by atoms with Crippen LogP contribution in [0.4, 0.5) is 0 Å². The number of ether oxygens (including phenoxy) is 3. The Morgan fingerprint density at radius 1 is 1.24 bits per heavy atom. The lowest BCUT2D eigenvalue weighted by atomic mass is 10.1. The number of benzene rings is 1. The van der Waals surface area contributed by atoms with Gasteiger partial charge in [0.1, 0.15) is 12.4 Å². The van der Waals surface area contributed by atoms with Crippen molar-refractivity contribution < 1.29 is 19.0 Å². The molecule has 0 saturated carbocycles. The Bertz CT molecular complexity index is 797. The van der Waals surface area contributed by atoms with Crippen molar-refractivity contribution in [3.63, 3.8) is 0 Å². The molecule has 1 heterocycles. The fraction of sp³-hybridized carbons (Fsp3) is 0.526. The molecule has 0 spiro atoms. The minimum Gasteiger partial charge on any atom is -0.493 e. The molecule has 0 fully saturated rings. The second-order valence-electron chi connectivity index (χ2n) is 6.51. The van der Waals surface area contributed by atoms with E-state index in [-0.39, 0.29) is 30.9 Å². The molecule has 10 heteroatoms. The molecule has 2 rings (SSSR count). The van der Waals surface area contributed by atoms with E-state index in [1.54, 1.807) is 38.0 Å². The molecule has 0 unspecified atom stereocenters. The first-order chi connectivity index (χ1) is 13.4. The first-order valence-corrected chi connectivity index (χ1v) is 9.02. The largest absolute Gasteiger partial charge is 0.493 e. The number of hydrogen-bond donors (Lipinski definition) is 1. The molecule has 1 atom stereocenters. The molecule has 1 aromatic heterocycles. The number of rotatable bonds is 10. The monoisotopic (exact) mass is 427 g/mol. The summed E-state index contributed by atoms with van der Waals surface area (Å²) in [5.74, 6) is 2.38. The molecule has 1 aromatic carbocycles. The minimum absolute atomic E-state index is 0. The van der Waals surface area contributed by atoms with Crippen LogP contribution < -0.4 is 15.2 Å². The van der Waals surface area contributed by atoms with E-state index in [2.05, 4.69) is 10.1 Å². The molecule has 0 saturated heterocycles. The average molecular weight is 428 g/mol. The summed E-state index contributed by atoms with van der Waals surface area (Å²) in [5, 5.41) is 4.50. The highest BCUT2D eigenvalue weighted by molar-refractivity contribution is 5.85. The summed E-state index contributed by atoms with van der Waals surface area (Å²) in [6.07, 6.45) is 0.487. The van der Waals surface area contributed by atoms with Crippen molar-refractivity contribution in [3.05, 3.63) is 35.4 Å². The third-order valence-corrected chi connectivity index (χ3v) is 4.30. The standard InChI is InChI=1S/C19H29N5O4.ClH/c1-13(20)19-21-17(11-14-6-7-15(27-4)16(10-14)28-5)22-24(19)12-18(25)23(2)8-9-26-3;/h6-7,10,13H,8-9,11-12,20H2,1-5H3;1H/t13-;/m1./s1. The number of likely N-dealkylation sites (N-methyl/N-ethyl adjacent to an activating group) is 1. The number of nitrogens with zero attached hydrogens (tertiary/aromatic N) is 4. The predicted molar refractivity (Wildman–Crippen MR) is 112 cm³/mol.